The third-order valence-electron chi connectivity index (χ3n) is 3.66. The average Bonchev–Trinajstić information content (AvgIpc) is 2.56. The fraction of sp³-hybridized carbons (Fsp3) is 0.211. The number of hydrogen-bond acceptors (Lipinski definition) is 4. The van der Waals surface area contributed by atoms with Gasteiger partial charge in [0.1, 0.15) is 17.1 Å². The van der Waals surface area contributed by atoms with Crippen molar-refractivity contribution in [2.75, 3.05) is 12.3 Å². The second kappa shape index (κ2) is 6.57. The van der Waals surface area contributed by atoms with Crippen molar-refractivity contribution in [2.24, 2.45) is 0 Å². The summed E-state index contributed by atoms with van der Waals surface area (Å²) in [6, 6.07) is 14.1. The van der Waals surface area contributed by atoms with E-state index in [9.17, 15) is 4.79 Å². The number of nitrogen functional groups attached to an aromatic ring is 1. The Hall–Kier alpha value is -2.75. The zero-order valence-electron chi connectivity index (χ0n) is 13.0. The molecule has 0 aliphatic rings. The van der Waals surface area contributed by atoms with Gasteiger partial charge in [0, 0.05) is 17.3 Å². The minimum Gasteiger partial charge on any atom is -0.494 e. The zero-order chi connectivity index (χ0) is 16.2. The molecule has 23 heavy (non-hydrogen) atoms. The van der Waals surface area contributed by atoms with Crippen molar-refractivity contribution in [3.8, 4) is 17.1 Å². The number of fused-ring (bicyclic) bond motifs is 1. The second-order valence-corrected chi connectivity index (χ2v) is 5.46. The van der Waals surface area contributed by atoms with Gasteiger partial charge in [0.05, 0.1) is 12.0 Å². The molecule has 3 aromatic rings. The van der Waals surface area contributed by atoms with Crippen LogP contribution >= 0.6 is 0 Å². The lowest BCUT2D eigenvalue weighted by Crippen LogP contribution is -2.02. The highest BCUT2D eigenvalue weighted by Crippen LogP contribution is 2.25. The number of rotatable bonds is 5. The molecule has 0 spiro atoms. The van der Waals surface area contributed by atoms with Crippen LogP contribution in [0.1, 0.15) is 19.8 Å². The molecular formula is C19H19NO3. The molecule has 0 aliphatic carbocycles. The molecule has 2 N–H and O–H groups in total. The van der Waals surface area contributed by atoms with Crippen molar-refractivity contribution in [2.45, 2.75) is 19.8 Å². The zero-order valence-corrected chi connectivity index (χ0v) is 13.0. The van der Waals surface area contributed by atoms with Gasteiger partial charge in [0.25, 0.3) is 0 Å². The number of anilines is 1. The monoisotopic (exact) mass is 309 g/mol. The molecule has 4 nitrogen and oxygen atoms in total. The number of hydrogen-bond donors (Lipinski definition) is 1. The number of ether oxygens (including phenoxy) is 1. The standard InChI is InChI=1S/C19H19NO3/c1-2-3-10-22-15-8-9-18-16(11-15)17(21)12-19(23-18)13-4-6-14(20)7-5-13/h4-9,11-12H,2-3,10,20H2,1H3. The molecule has 0 saturated heterocycles. The molecule has 0 bridgehead atoms. The predicted molar refractivity (Wildman–Crippen MR) is 92.7 cm³/mol. The SMILES string of the molecule is CCCCOc1ccc2oc(-c3ccc(N)cc3)cc(=O)c2c1. The Bertz CT molecular complexity index is 866. The van der Waals surface area contributed by atoms with Crippen LogP contribution in [-0.4, -0.2) is 6.61 Å². The Kier molecular flexibility index (Phi) is 4.33. The van der Waals surface area contributed by atoms with Gasteiger partial charge in [0.2, 0.25) is 0 Å². The highest BCUT2D eigenvalue weighted by molar-refractivity contribution is 5.80. The molecule has 0 aliphatic heterocycles. The fourth-order valence-corrected chi connectivity index (χ4v) is 2.35. The summed E-state index contributed by atoms with van der Waals surface area (Å²) in [5.74, 6) is 1.22. The Morgan fingerprint density at radius 3 is 2.61 bits per heavy atom. The van der Waals surface area contributed by atoms with E-state index in [0.717, 1.165) is 18.4 Å². The number of unbranched alkanes of at least 4 members (excludes halogenated alkanes) is 1. The van der Waals surface area contributed by atoms with E-state index in [1.54, 1.807) is 24.3 Å². The Balaban J connectivity index is 1.97. The minimum absolute atomic E-state index is 0.0842. The molecule has 0 amide bonds. The van der Waals surface area contributed by atoms with E-state index in [2.05, 4.69) is 6.92 Å². The highest BCUT2D eigenvalue weighted by Gasteiger charge is 2.08. The normalized spacial score (nSPS) is 10.8. The summed E-state index contributed by atoms with van der Waals surface area (Å²) in [5, 5.41) is 0.526. The molecule has 1 heterocycles. The van der Waals surface area contributed by atoms with Crippen molar-refractivity contribution in [1.82, 2.24) is 0 Å². The molecule has 2 aromatic carbocycles. The molecule has 1 aromatic heterocycles. The lowest BCUT2D eigenvalue weighted by atomic mass is 10.1. The van der Waals surface area contributed by atoms with Crippen molar-refractivity contribution in [3.63, 3.8) is 0 Å². The van der Waals surface area contributed by atoms with Gasteiger partial charge >= 0.3 is 0 Å². The van der Waals surface area contributed by atoms with Crippen LogP contribution in [0.4, 0.5) is 5.69 Å². The summed E-state index contributed by atoms with van der Waals surface area (Å²) in [7, 11) is 0. The molecule has 0 radical (unpaired) electrons. The molecule has 3 rings (SSSR count). The molecule has 4 heteroatoms. The lowest BCUT2D eigenvalue weighted by molar-refractivity contribution is 0.309. The molecule has 0 saturated carbocycles. The topological polar surface area (TPSA) is 65.5 Å². The van der Waals surface area contributed by atoms with Gasteiger partial charge in [-0.15, -0.1) is 0 Å². The summed E-state index contributed by atoms with van der Waals surface area (Å²) in [6.07, 6.45) is 2.06. The van der Waals surface area contributed by atoms with Gasteiger partial charge in [-0.3, -0.25) is 4.79 Å². The first kappa shape index (κ1) is 15.2. The van der Waals surface area contributed by atoms with Crippen LogP contribution in [0.2, 0.25) is 0 Å². The summed E-state index contributed by atoms with van der Waals surface area (Å²) < 4.78 is 11.5. The van der Waals surface area contributed by atoms with Gasteiger partial charge < -0.3 is 14.9 Å². The van der Waals surface area contributed by atoms with E-state index in [1.165, 1.54) is 6.07 Å². The molecular weight excluding hydrogens is 290 g/mol. The number of nitrogens with two attached hydrogens (primary N) is 1. The summed E-state index contributed by atoms with van der Waals surface area (Å²) in [6.45, 7) is 2.76. The van der Waals surface area contributed by atoms with Crippen LogP contribution in [0.15, 0.2) is 57.7 Å². The quantitative estimate of drug-likeness (QED) is 0.566. The van der Waals surface area contributed by atoms with Gasteiger partial charge in [0.15, 0.2) is 5.43 Å². The van der Waals surface area contributed by atoms with Crippen molar-refractivity contribution >= 4 is 16.7 Å². The third kappa shape index (κ3) is 3.37. The summed E-state index contributed by atoms with van der Waals surface area (Å²) in [4.78, 5) is 12.4. The fourth-order valence-electron chi connectivity index (χ4n) is 2.35. The summed E-state index contributed by atoms with van der Waals surface area (Å²) in [5.41, 5.74) is 7.64. The maximum Gasteiger partial charge on any atom is 0.193 e. The van der Waals surface area contributed by atoms with E-state index >= 15 is 0 Å². The van der Waals surface area contributed by atoms with Gasteiger partial charge in [-0.25, -0.2) is 0 Å². The predicted octanol–water partition coefficient (Wildman–Crippen LogP) is 4.22. The van der Waals surface area contributed by atoms with Crippen LogP contribution in [0, 0.1) is 0 Å². The largest absolute Gasteiger partial charge is 0.494 e. The van der Waals surface area contributed by atoms with Crippen LogP contribution in [0.3, 0.4) is 0 Å². The Morgan fingerprint density at radius 2 is 1.87 bits per heavy atom. The maximum atomic E-state index is 12.4. The van der Waals surface area contributed by atoms with E-state index in [-0.39, 0.29) is 5.43 Å². The van der Waals surface area contributed by atoms with E-state index in [1.807, 2.05) is 18.2 Å². The third-order valence-corrected chi connectivity index (χ3v) is 3.66. The highest BCUT2D eigenvalue weighted by atomic mass is 16.5. The van der Waals surface area contributed by atoms with Gasteiger partial charge in [-0.05, 0) is 48.9 Å². The van der Waals surface area contributed by atoms with Crippen LogP contribution < -0.4 is 15.9 Å². The van der Waals surface area contributed by atoms with E-state index in [0.29, 0.717) is 34.8 Å². The van der Waals surface area contributed by atoms with E-state index in [4.69, 9.17) is 14.9 Å². The van der Waals surface area contributed by atoms with Crippen molar-refractivity contribution in [1.29, 1.82) is 0 Å². The first-order valence-corrected chi connectivity index (χ1v) is 7.74. The maximum absolute atomic E-state index is 12.4. The molecule has 0 fully saturated rings. The van der Waals surface area contributed by atoms with E-state index < -0.39 is 0 Å². The second-order valence-electron chi connectivity index (χ2n) is 5.46. The van der Waals surface area contributed by atoms with Crippen LogP contribution in [0.5, 0.6) is 5.75 Å². The van der Waals surface area contributed by atoms with Gasteiger partial charge in [-0.1, -0.05) is 13.3 Å². The van der Waals surface area contributed by atoms with Crippen LogP contribution in [0.25, 0.3) is 22.3 Å². The molecule has 0 atom stereocenters. The Morgan fingerprint density at radius 1 is 1.09 bits per heavy atom. The number of benzene rings is 2. The first-order valence-electron chi connectivity index (χ1n) is 7.74. The van der Waals surface area contributed by atoms with Crippen molar-refractivity contribution in [3.05, 3.63) is 58.8 Å². The lowest BCUT2D eigenvalue weighted by Gasteiger charge is -2.07. The summed E-state index contributed by atoms with van der Waals surface area (Å²) >= 11 is 0. The van der Waals surface area contributed by atoms with Crippen LogP contribution in [-0.2, 0) is 0 Å². The minimum atomic E-state index is -0.0842. The molecule has 118 valence electrons. The Labute approximate surface area is 134 Å². The molecule has 0 unspecified atom stereocenters. The average molecular weight is 309 g/mol. The smallest absolute Gasteiger partial charge is 0.193 e. The first-order chi connectivity index (χ1) is 11.2. The van der Waals surface area contributed by atoms with Gasteiger partial charge in [-0.2, -0.15) is 0 Å². The van der Waals surface area contributed by atoms with Crippen molar-refractivity contribution < 1.29 is 9.15 Å².